The molecule has 4 amide bonds. The molecule has 31 heavy (non-hydrogen) atoms. The molecule has 14 nitrogen and oxygen atoms in total. The van der Waals surface area contributed by atoms with Crippen LogP contribution in [0.2, 0.25) is 0 Å². The van der Waals surface area contributed by atoms with Crippen molar-refractivity contribution >= 4 is 35.6 Å². The summed E-state index contributed by atoms with van der Waals surface area (Å²) >= 11 is 0. The number of rotatable bonds is 14. The fourth-order valence-electron chi connectivity index (χ4n) is 2.36. The van der Waals surface area contributed by atoms with Gasteiger partial charge in [-0.2, -0.15) is 0 Å². The lowest BCUT2D eigenvalue weighted by atomic mass is 10.0. The molecule has 4 unspecified atom stereocenters. The Labute approximate surface area is 177 Å². The van der Waals surface area contributed by atoms with E-state index in [4.69, 9.17) is 21.7 Å². The lowest BCUT2D eigenvalue weighted by Crippen LogP contribution is -2.59. The lowest BCUT2D eigenvalue weighted by molar-refractivity contribution is -0.143. The molecule has 0 aliphatic heterocycles. The monoisotopic (exact) mass is 447 g/mol. The van der Waals surface area contributed by atoms with E-state index in [9.17, 15) is 33.9 Å². The molecule has 0 rings (SSSR count). The van der Waals surface area contributed by atoms with E-state index in [1.54, 1.807) is 13.8 Å². The van der Waals surface area contributed by atoms with Gasteiger partial charge < -0.3 is 42.7 Å². The maximum atomic E-state index is 12.5. The highest BCUT2D eigenvalue weighted by Crippen LogP contribution is 2.06. The van der Waals surface area contributed by atoms with Crippen LogP contribution in [0.3, 0.4) is 0 Å². The fraction of sp³-hybridized carbons (Fsp3) is 0.647. The Balaban J connectivity index is 5.19. The Morgan fingerprint density at radius 1 is 0.871 bits per heavy atom. The first-order valence-electron chi connectivity index (χ1n) is 9.30. The van der Waals surface area contributed by atoms with Crippen molar-refractivity contribution in [3.63, 3.8) is 0 Å². The third-order valence-electron chi connectivity index (χ3n) is 4.08. The van der Waals surface area contributed by atoms with Crippen LogP contribution in [-0.2, 0) is 28.8 Å². The van der Waals surface area contributed by atoms with E-state index in [1.165, 1.54) is 0 Å². The topological polar surface area (TPSA) is 251 Å². The number of aliphatic hydroxyl groups is 1. The molecular formula is C17H29N5O9. The molecule has 10 N–H and O–H groups in total. The van der Waals surface area contributed by atoms with Crippen molar-refractivity contribution in [1.82, 2.24) is 16.0 Å². The quantitative estimate of drug-likeness (QED) is 0.129. The van der Waals surface area contributed by atoms with Gasteiger partial charge in [0.15, 0.2) is 0 Å². The zero-order valence-electron chi connectivity index (χ0n) is 17.2. The first kappa shape index (κ1) is 27.7. The third kappa shape index (κ3) is 10.4. The molecule has 0 radical (unpaired) electrons. The molecule has 0 fully saturated rings. The second-order valence-corrected chi connectivity index (χ2v) is 7.08. The van der Waals surface area contributed by atoms with Gasteiger partial charge in [-0.1, -0.05) is 13.8 Å². The maximum Gasteiger partial charge on any atom is 0.326 e. The summed E-state index contributed by atoms with van der Waals surface area (Å²) in [7, 11) is 0. The number of carbonyl (C=O) groups is 6. The highest BCUT2D eigenvalue weighted by Gasteiger charge is 2.32. The number of amides is 4. The lowest BCUT2D eigenvalue weighted by Gasteiger charge is -2.26. The molecule has 0 saturated carbocycles. The minimum absolute atomic E-state index is 0.373. The van der Waals surface area contributed by atoms with Crippen LogP contribution in [0.15, 0.2) is 0 Å². The largest absolute Gasteiger partial charge is 0.481 e. The highest BCUT2D eigenvalue weighted by molar-refractivity contribution is 5.95. The van der Waals surface area contributed by atoms with E-state index in [0.29, 0.717) is 0 Å². The fourth-order valence-corrected chi connectivity index (χ4v) is 2.36. The Bertz CT molecular complexity index is 697. The minimum Gasteiger partial charge on any atom is -0.481 e. The van der Waals surface area contributed by atoms with E-state index in [1.807, 2.05) is 0 Å². The van der Waals surface area contributed by atoms with Crippen LogP contribution in [0, 0.1) is 5.92 Å². The van der Waals surface area contributed by atoms with Crippen molar-refractivity contribution < 1.29 is 44.1 Å². The van der Waals surface area contributed by atoms with Gasteiger partial charge in [0, 0.05) is 6.42 Å². The van der Waals surface area contributed by atoms with Gasteiger partial charge in [-0.25, -0.2) is 4.79 Å². The number of hydrogen-bond donors (Lipinski definition) is 8. The van der Waals surface area contributed by atoms with E-state index in [0.717, 1.165) is 0 Å². The smallest absolute Gasteiger partial charge is 0.326 e. The maximum absolute atomic E-state index is 12.5. The van der Waals surface area contributed by atoms with Crippen molar-refractivity contribution in [3.05, 3.63) is 0 Å². The predicted molar refractivity (Wildman–Crippen MR) is 104 cm³/mol. The van der Waals surface area contributed by atoms with Crippen LogP contribution in [0.5, 0.6) is 0 Å². The first-order chi connectivity index (χ1) is 14.3. The molecule has 0 aromatic rings. The average molecular weight is 447 g/mol. The number of primary amides is 1. The second-order valence-electron chi connectivity index (χ2n) is 7.08. The molecule has 0 saturated heterocycles. The van der Waals surface area contributed by atoms with E-state index in [2.05, 4.69) is 16.0 Å². The molecule has 0 spiro atoms. The number of hydrogen-bond acceptors (Lipinski definition) is 8. The van der Waals surface area contributed by atoms with Crippen LogP contribution in [0.25, 0.3) is 0 Å². The van der Waals surface area contributed by atoms with Gasteiger partial charge in [-0.3, -0.25) is 24.0 Å². The number of nitrogens with two attached hydrogens (primary N) is 2. The summed E-state index contributed by atoms with van der Waals surface area (Å²) in [5, 5.41) is 33.8. The van der Waals surface area contributed by atoms with Gasteiger partial charge >= 0.3 is 11.9 Å². The second kappa shape index (κ2) is 13.1. The number of carboxylic acid groups (broad SMARTS) is 2. The van der Waals surface area contributed by atoms with E-state index >= 15 is 0 Å². The molecule has 0 bridgehead atoms. The van der Waals surface area contributed by atoms with Crippen LogP contribution in [0.4, 0.5) is 0 Å². The molecule has 4 atom stereocenters. The van der Waals surface area contributed by atoms with Gasteiger partial charge in [0.05, 0.1) is 19.1 Å². The number of aliphatic hydroxyl groups excluding tert-OH is 1. The van der Waals surface area contributed by atoms with E-state index < -0.39 is 85.1 Å². The molecule has 14 heteroatoms. The van der Waals surface area contributed by atoms with Crippen LogP contribution < -0.4 is 27.4 Å². The molecule has 0 aliphatic rings. The summed E-state index contributed by atoms with van der Waals surface area (Å²) in [5.74, 6) is -6.87. The van der Waals surface area contributed by atoms with Gasteiger partial charge in [-0.15, -0.1) is 0 Å². The highest BCUT2D eigenvalue weighted by atomic mass is 16.4. The van der Waals surface area contributed by atoms with Crippen molar-refractivity contribution in [2.45, 2.75) is 57.3 Å². The Morgan fingerprint density at radius 3 is 1.84 bits per heavy atom. The van der Waals surface area contributed by atoms with Crippen LogP contribution in [-0.4, -0.2) is 81.7 Å². The van der Waals surface area contributed by atoms with Crippen LogP contribution >= 0.6 is 0 Å². The van der Waals surface area contributed by atoms with Gasteiger partial charge in [-0.05, 0) is 12.3 Å². The normalized spacial score (nSPS) is 14.6. The van der Waals surface area contributed by atoms with Gasteiger partial charge in [0.2, 0.25) is 23.6 Å². The third-order valence-corrected chi connectivity index (χ3v) is 4.08. The number of carbonyl (C=O) groups excluding carboxylic acids is 4. The average Bonchev–Trinajstić information content (AvgIpc) is 2.65. The zero-order chi connectivity index (χ0) is 24.3. The van der Waals surface area contributed by atoms with Crippen molar-refractivity contribution in [3.8, 4) is 0 Å². The predicted octanol–water partition coefficient (Wildman–Crippen LogP) is -3.76. The SMILES string of the molecule is CC(C)C(NC(=O)C(CO)NC(=O)C(N)CC(N)=O)C(=O)NC(CCC(=O)O)C(=O)O. The number of carboxylic acids is 2. The summed E-state index contributed by atoms with van der Waals surface area (Å²) in [4.78, 5) is 69.6. The van der Waals surface area contributed by atoms with Gasteiger partial charge in [0.1, 0.15) is 18.1 Å². The Hall–Kier alpha value is -3.26. The number of aliphatic carboxylic acids is 2. The summed E-state index contributed by atoms with van der Waals surface area (Å²) in [6.07, 6.45) is -1.36. The number of nitrogens with one attached hydrogen (secondary N) is 3. The molecule has 0 heterocycles. The summed E-state index contributed by atoms with van der Waals surface area (Å²) in [5.41, 5.74) is 10.4. The molecule has 176 valence electrons. The zero-order valence-corrected chi connectivity index (χ0v) is 17.2. The standard InChI is InChI=1S/C17H29N5O9/c1-7(2)13(16(29)20-9(17(30)31)3-4-12(25)26)22-15(28)10(6-23)21-14(27)8(18)5-11(19)24/h7-10,13,23H,3-6,18H2,1-2H3,(H2,19,24)(H,20,29)(H,21,27)(H,22,28)(H,25,26)(H,30,31). The van der Waals surface area contributed by atoms with Crippen molar-refractivity contribution in [1.29, 1.82) is 0 Å². The van der Waals surface area contributed by atoms with Crippen molar-refractivity contribution in [2.24, 2.45) is 17.4 Å². The summed E-state index contributed by atoms with van der Waals surface area (Å²) < 4.78 is 0. The minimum atomic E-state index is -1.51. The molecular weight excluding hydrogens is 418 g/mol. The Kier molecular flexibility index (Phi) is 11.7. The van der Waals surface area contributed by atoms with Crippen molar-refractivity contribution in [2.75, 3.05) is 6.61 Å². The molecule has 0 aromatic carbocycles. The van der Waals surface area contributed by atoms with E-state index in [-0.39, 0.29) is 6.42 Å². The summed E-state index contributed by atoms with van der Waals surface area (Å²) in [6, 6.07) is -5.62. The molecule has 0 aliphatic carbocycles. The van der Waals surface area contributed by atoms with Gasteiger partial charge in [0.25, 0.3) is 0 Å². The first-order valence-corrected chi connectivity index (χ1v) is 9.30. The Morgan fingerprint density at radius 2 is 1.42 bits per heavy atom. The molecule has 0 aromatic heterocycles. The van der Waals surface area contributed by atoms with Crippen LogP contribution in [0.1, 0.15) is 33.1 Å². The summed E-state index contributed by atoms with van der Waals surface area (Å²) in [6.45, 7) is 2.24.